The Morgan fingerprint density at radius 3 is 2.76 bits per heavy atom. The number of nitrogens with one attached hydrogen (secondary N) is 1. The summed E-state index contributed by atoms with van der Waals surface area (Å²) in [5.74, 6) is 0.612. The summed E-state index contributed by atoms with van der Waals surface area (Å²) in [6.45, 7) is 5.52. The molecule has 2 rings (SSSR count). The maximum absolute atomic E-state index is 11.8. The van der Waals surface area contributed by atoms with Crippen molar-refractivity contribution in [1.82, 2.24) is 9.53 Å². The summed E-state index contributed by atoms with van der Waals surface area (Å²) in [7, 11) is 0. The van der Waals surface area contributed by atoms with Gasteiger partial charge >= 0.3 is 0 Å². The van der Waals surface area contributed by atoms with Gasteiger partial charge in [-0.25, -0.2) is 0 Å². The molecule has 0 spiro atoms. The fourth-order valence-electron chi connectivity index (χ4n) is 1.52. The lowest BCUT2D eigenvalue weighted by molar-refractivity contribution is -0.115. The summed E-state index contributed by atoms with van der Waals surface area (Å²) in [5, 5.41) is 7.38. The van der Waals surface area contributed by atoms with E-state index in [1.54, 1.807) is 6.92 Å². The van der Waals surface area contributed by atoms with Crippen molar-refractivity contribution in [2.45, 2.75) is 27.2 Å². The van der Waals surface area contributed by atoms with E-state index in [0.717, 1.165) is 22.0 Å². The summed E-state index contributed by atoms with van der Waals surface area (Å²) in [5.41, 5.74) is 2.52. The van der Waals surface area contributed by atoms with Crippen LogP contribution in [-0.2, 0) is 11.2 Å². The third kappa shape index (κ3) is 2.71. The molecule has 0 atom stereocenters. The molecule has 6 heteroatoms. The van der Waals surface area contributed by atoms with E-state index >= 15 is 0 Å². The van der Waals surface area contributed by atoms with E-state index in [-0.39, 0.29) is 12.3 Å². The Kier molecular flexibility index (Phi) is 3.23. The lowest BCUT2D eigenvalue weighted by Gasteiger charge is -2.01. The molecule has 0 fully saturated rings. The number of aryl methyl sites for hydroxylation is 3. The van der Waals surface area contributed by atoms with Gasteiger partial charge in [-0.05, 0) is 38.4 Å². The topological polar surface area (TPSA) is 68.0 Å². The van der Waals surface area contributed by atoms with Gasteiger partial charge in [-0.3, -0.25) is 4.79 Å². The molecule has 5 nitrogen and oxygen atoms in total. The minimum atomic E-state index is -0.0805. The molecule has 2 heterocycles. The third-order valence-electron chi connectivity index (χ3n) is 2.41. The second kappa shape index (κ2) is 4.67. The molecule has 0 aliphatic rings. The highest BCUT2D eigenvalue weighted by Gasteiger charge is 2.14. The Bertz CT molecular complexity index is 525. The molecule has 1 amide bonds. The molecule has 2 aromatic rings. The lowest BCUT2D eigenvalue weighted by Crippen LogP contribution is -2.14. The molecule has 17 heavy (non-hydrogen) atoms. The molecule has 0 unspecified atom stereocenters. The van der Waals surface area contributed by atoms with Crippen LogP contribution in [0.25, 0.3) is 0 Å². The van der Waals surface area contributed by atoms with E-state index in [9.17, 15) is 4.79 Å². The summed E-state index contributed by atoms with van der Waals surface area (Å²) in [6, 6.07) is 1.84. The van der Waals surface area contributed by atoms with Crippen LogP contribution in [0.1, 0.15) is 22.7 Å². The largest absolute Gasteiger partial charge is 0.361 e. The van der Waals surface area contributed by atoms with Crippen LogP contribution in [0.3, 0.4) is 0 Å². The van der Waals surface area contributed by atoms with Crippen molar-refractivity contribution in [1.29, 1.82) is 0 Å². The summed E-state index contributed by atoms with van der Waals surface area (Å²) in [6.07, 6.45) is 0.276. The first-order valence-corrected chi connectivity index (χ1v) is 5.98. The molecular weight excluding hydrogens is 238 g/mol. The van der Waals surface area contributed by atoms with E-state index in [1.807, 2.05) is 19.9 Å². The molecule has 2 aromatic heterocycles. The van der Waals surface area contributed by atoms with E-state index in [0.29, 0.717) is 5.76 Å². The summed E-state index contributed by atoms with van der Waals surface area (Å²) < 4.78 is 9.11. The second-order valence-corrected chi connectivity index (χ2v) is 4.67. The zero-order valence-corrected chi connectivity index (χ0v) is 10.7. The van der Waals surface area contributed by atoms with Crippen LogP contribution in [-0.4, -0.2) is 15.4 Å². The highest BCUT2D eigenvalue weighted by molar-refractivity contribution is 7.10. The van der Waals surface area contributed by atoms with Gasteiger partial charge in [-0.2, -0.15) is 4.37 Å². The van der Waals surface area contributed by atoms with Crippen molar-refractivity contribution in [3.8, 4) is 0 Å². The van der Waals surface area contributed by atoms with Crippen LogP contribution in [0.5, 0.6) is 0 Å². The van der Waals surface area contributed by atoms with Crippen LogP contribution < -0.4 is 5.32 Å². The Hall–Kier alpha value is -1.69. The van der Waals surface area contributed by atoms with Crippen molar-refractivity contribution in [3.63, 3.8) is 0 Å². The van der Waals surface area contributed by atoms with E-state index < -0.39 is 0 Å². The molecule has 1 N–H and O–H groups in total. The van der Waals surface area contributed by atoms with Gasteiger partial charge in [0.25, 0.3) is 0 Å². The Morgan fingerprint density at radius 2 is 2.24 bits per heavy atom. The first-order chi connectivity index (χ1) is 8.06. The van der Waals surface area contributed by atoms with Crippen LogP contribution in [0.15, 0.2) is 10.6 Å². The second-order valence-electron chi connectivity index (χ2n) is 3.86. The van der Waals surface area contributed by atoms with Gasteiger partial charge in [0.15, 0.2) is 0 Å². The van der Waals surface area contributed by atoms with E-state index in [1.165, 1.54) is 11.5 Å². The Morgan fingerprint density at radius 1 is 1.47 bits per heavy atom. The number of hydrogen-bond donors (Lipinski definition) is 1. The molecule has 0 aromatic carbocycles. The fraction of sp³-hybridized carbons (Fsp3) is 0.364. The average Bonchev–Trinajstić information content (AvgIpc) is 2.79. The highest BCUT2D eigenvalue weighted by Crippen LogP contribution is 2.17. The van der Waals surface area contributed by atoms with E-state index in [4.69, 9.17) is 4.52 Å². The number of rotatable bonds is 3. The number of nitrogens with zero attached hydrogens (tertiary/aromatic N) is 2. The van der Waals surface area contributed by atoms with Gasteiger partial charge in [0.05, 0.1) is 17.8 Å². The molecule has 0 saturated carbocycles. The number of carbonyl (C=O) groups is 1. The van der Waals surface area contributed by atoms with Crippen molar-refractivity contribution < 1.29 is 9.32 Å². The summed E-state index contributed by atoms with van der Waals surface area (Å²) in [4.78, 5) is 11.8. The maximum Gasteiger partial charge on any atom is 0.229 e. The highest BCUT2D eigenvalue weighted by atomic mass is 32.1. The van der Waals surface area contributed by atoms with Gasteiger partial charge in [0, 0.05) is 5.56 Å². The molecule has 0 aliphatic carbocycles. The van der Waals surface area contributed by atoms with Crippen LogP contribution in [0.4, 0.5) is 5.00 Å². The van der Waals surface area contributed by atoms with Crippen molar-refractivity contribution >= 4 is 22.4 Å². The van der Waals surface area contributed by atoms with Crippen molar-refractivity contribution in [3.05, 3.63) is 28.8 Å². The normalized spacial score (nSPS) is 10.5. The lowest BCUT2D eigenvalue weighted by atomic mass is 10.1. The number of hydrogen-bond acceptors (Lipinski definition) is 5. The van der Waals surface area contributed by atoms with E-state index in [2.05, 4.69) is 14.8 Å². The van der Waals surface area contributed by atoms with Gasteiger partial charge in [0.2, 0.25) is 5.91 Å². The Balaban J connectivity index is 2.03. The van der Waals surface area contributed by atoms with Gasteiger partial charge in [-0.1, -0.05) is 5.16 Å². The van der Waals surface area contributed by atoms with Gasteiger partial charge in [0.1, 0.15) is 10.8 Å². The van der Waals surface area contributed by atoms with Crippen LogP contribution >= 0.6 is 11.5 Å². The third-order valence-corrected chi connectivity index (χ3v) is 3.21. The zero-order chi connectivity index (χ0) is 12.4. The molecule has 90 valence electrons. The number of carbonyl (C=O) groups excluding carboxylic acids is 1. The molecule has 0 saturated heterocycles. The quantitative estimate of drug-likeness (QED) is 0.908. The number of anilines is 1. The first-order valence-electron chi connectivity index (χ1n) is 5.21. The monoisotopic (exact) mass is 251 g/mol. The number of amides is 1. The maximum atomic E-state index is 11.8. The molecule has 0 aliphatic heterocycles. The predicted octanol–water partition coefficient (Wildman–Crippen LogP) is 2.24. The van der Waals surface area contributed by atoms with Gasteiger partial charge < -0.3 is 9.84 Å². The SMILES string of the molecule is Cc1cc(NC(=O)Cc2c(C)noc2C)sn1. The zero-order valence-electron chi connectivity index (χ0n) is 9.90. The minimum Gasteiger partial charge on any atom is -0.361 e. The predicted molar refractivity (Wildman–Crippen MR) is 65.2 cm³/mol. The van der Waals surface area contributed by atoms with Crippen LogP contribution in [0, 0.1) is 20.8 Å². The van der Waals surface area contributed by atoms with Crippen molar-refractivity contribution in [2.75, 3.05) is 5.32 Å². The minimum absolute atomic E-state index is 0.0805. The summed E-state index contributed by atoms with van der Waals surface area (Å²) >= 11 is 1.28. The standard InChI is InChI=1S/C11H13N3O2S/c1-6-4-11(17-14-6)12-10(15)5-9-7(2)13-16-8(9)3/h4H,5H2,1-3H3,(H,12,15). The smallest absolute Gasteiger partial charge is 0.229 e. The van der Waals surface area contributed by atoms with Crippen molar-refractivity contribution in [2.24, 2.45) is 0 Å². The molecule has 0 bridgehead atoms. The number of aromatic nitrogens is 2. The molecule has 0 radical (unpaired) electrons. The van der Waals surface area contributed by atoms with Crippen LogP contribution in [0.2, 0.25) is 0 Å². The average molecular weight is 251 g/mol. The van der Waals surface area contributed by atoms with Gasteiger partial charge in [-0.15, -0.1) is 0 Å². The fourth-order valence-corrected chi connectivity index (χ4v) is 2.20. The Labute approximate surface area is 103 Å². The first kappa shape index (κ1) is 11.8. The molecular formula is C11H13N3O2S.